The number of aliphatic hydroxyl groups is 1. The molecule has 96 valence electrons. The molecule has 1 amide bonds. The minimum absolute atomic E-state index is 0.000231. The molecule has 2 rings (SSSR count). The first-order chi connectivity index (χ1) is 8.65. The summed E-state index contributed by atoms with van der Waals surface area (Å²) in [6.07, 6.45) is 2.47. The SMILES string of the molecule is CN(CCCO)C(=O)c1cn(C)c2ccccc12. The van der Waals surface area contributed by atoms with Gasteiger partial charge in [0.1, 0.15) is 0 Å². The number of aliphatic hydroxyl groups excluding tert-OH is 1. The quantitative estimate of drug-likeness (QED) is 0.891. The zero-order valence-corrected chi connectivity index (χ0v) is 10.8. The summed E-state index contributed by atoms with van der Waals surface area (Å²) in [6.45, 7) is 0.672. The summed E-state index contributed by atoms with van der Waals surface area (Å²) in [5.41, 5.74) is 1.77. The summed E-state index contributed by atoms with van der Waals surface area (Å²) in [7, 11) is 3.70. The van der Waals surface area contributed by atoms with Gasteiger partial charge in [-0.05, 0) is 12.5 Å². The van der Waals surface area contributed by atoms with Crippen LogP contribution in [-0.4, -0.2) is 40.7 Å². The molecular formula is C14H18N2O2. The van der Waals surface area contributed by atoms with Crippen LogP contribution in [0.4, 0.5) is 0 Å². The van der Waals surface area contributed by atoms with E-state index in [-0.39, 0.29) is 12.5 Å². The first-order valence-corrected chi connectivity index (χ1v) is 6.05. The molecule has 0 spiro atoms. The lowest BCUT2D eigenvalue weighted by Gasteiger charge is -2.15. The third-order valence-electron chi connectivity index (χ3n) is 3.13. The van der Waals surface area contributed by atoms with Crippen molar-refractivity contribution in [3.63, 3.8) is 0 Å². The molecule has 4 heteroatoms. The molecule has 0 atom stereocenters. The van der Waals surface area contributed by atoms with E-state index in [1.165, 1.54) is 0 Å². The Morgan fingerprint density at radius 2 is 2.11 bits per heavy atom. The van der Waals surface area contributed by atoms with Crippen molar-refractivity contribution in [3.05, 3.63) is 36.0 Å². The van der Waals surface area contributed by atoms with E-state index in [0.29, 0.717) is 18.5 Å². The molecule has 0 radical (unpaired) electrons. The molecule has 1 aromatic heterocycles. The van der Waals surface area contributed by atoms with Gasteiger partial charge in [0.25, 0.3) is 5.91 Å². The Morgan fingerprint density at radius 3 is 2.83 bits per heavy atom. The molecule has 0 saturated carbocycles. The number of amides is 1. The van der Waals surface area contributed by atoms with Gasteiger partial charge < -0.3 is 14.6 Å². The Labute approximate surface area is 106 Å². The van der Waals surface area contributed by atoms with Crippen molar-refractivity contribution < 1.29 is 9.90 Å². The number of carbonyl (C=O) groups excluding carboxylic acids is 1. The third-order valence-corrected chi connectivity index (χ3v) is 3.13. The summed E-state index contributed by atoms with van der Waals surface area (Å²) >= 11 is 0. The van der Waals surface area contributed by atoms with Crippen LogP contribution < -0.4 is 0 Å². The highest BCUT2D eigenvalue weighted by Crippen LogP contribution is 2.21. The fraction of sp³-hybridized carbons (Fsp3) is 0.357. The Bertz CT molecular complexity index is 560. The molecule has 0 aliphatic heterocycles. The van der Waals surface area contributed by atoms with Crippen LogP contribution in [0.5, 0.6) is 0 Å². The van der Waals surface area contributed by atoms with E-state index >= 15 is 0 Å². The number of nitrogens with zero attached hydrogens (tertiary/aromatic N) is 2. The number of fused-ring (bicyclic) bond motifs is 1. The van der Waals surface area contributed by atoms with E-state index in [1.54, 1.807) is 11.9 Å². The molecule has 0 bridgehead atoms. The van der Waals surface area contributed by atoms with Gasteiger partial charge in [0.05, 0.1) is 5.56 Å². The van der Waals surface area contributed by atoms with E-state index < -0.39 is 0 Å². The smallest absolute Gasteiger partial charge is 0.255 e. The van der Waals surface area contributed by atoms with Gasteiger partial charge in [-0.3, -0.25) is 4.79 Å². The number of para-hydroxylation sites is 1. The van der Waals surface area contributed by atoms with Gasteiger partial charge in [-0.1, -0.05) is 18.2 Å². The van der Waals surface area contributed by atoms with Crippen LogP contribution in [0.2, 0.25) is 0 Å². The summed E-state index contributed by atoms with van der Waals surface area (Å²) < 4.78 is 1.96. The number of benzene rings is 1. The fourth-order valence-electron chi connectivity index (χ4n) is 2.13. The molecule has 0 saturated heterocycles. The van der Waals surface area contributed by atoms with Crippen molar-refractivity contribution in [2.75, 3.05) is 20.2 Å². The first-order valence-electron chi connectivity index (χ1n) is 6.05. The van der Waals surface area contributed by atoms with Crippen molar-refractivity contribution in [3.8, 4) is 0 Å². The highest BCUT2D eigenvalue weighted by molar-refractivity contribution is 6.06. The number of aryl methyl sites for hydroxylation is 1. The largest absolute Gasteiger partial charge is 0.396 e. The Hall–Kier alpha value is -1.81. The lowest BCUT2D eigenvalue weighted by atomic mass is 10.1. The summed E-state index contributed by atoms with van der Waals surface area (Å²) in [6, 6.07) is 7.86. The standard InChI is InChI=1S/C14H18N2O2/c1-15(8-5-9-17)14(18)12-10-16(2)13-7-4-3-6-11(12)13/h3-4,6-7,10,17H,5,8-9H2,1-2H3. The number of hydrogen-bond donors (Lipinski definition) is 1. The van der Waals surface area contributed by atoms with Crippen molar-refractivity contribution in [1.82, 2.24) is 9.47 Å². The molecule has 4 nitrogen and oxygen atoms in total. The minimum Gasteiger partial charge on any atom is -0.396 e. The maximum absolute atomic E-state index is 12.3. The number of carbonyl (C=O) groups is 1. The topological polar surface area (TPSA) is 45.5 Å². The van der Waals surface area contributed by atoms with Crippen LogP contribution >= 0.6 is 0 Å². The summed E-state index contributed by atoms with van der Waals surface area (Å²) in [5, 5.41) is 9.77. The second-order valence-corrected chi connectivity index (χ2v) is 4.47. The maximum atomic E-state index is 12.3. The Kier molecular flexibility index (Phi) is 3.67. The van der Waals surface area contributed by atoms with Crippen LogP contribution in [-0.2, 0) is 7.05 Å². The van der Waals surface area contributed by atoms with Gasteiger partial charge in [0.15, 0.2) is 0 Å². The predicted molar refractivity (Wildman–Crippen MR) is 71.6 cm³/mol. The van der Waals surface area contributed by atoms with E-state index in [1.807, 2.05) is 42.1 Å². The zero-order valence-electron chi connectivity index (χ0n) is 10.8. The van der Waals surface area contributed by atoms with Crippen LogP contribution in [0.15, 0.2) is 30.5 Å². The van der Waals surface area contributed by atoms with Gasteiger partial charge in [-0.2, -0.15) is 0 Å². The normalized spacial score (nSPS) is 10.8. The molecule has 0 fully saturated rings. The minimum atomic E-state index is 0.000231. The number of aromatic nitrogens is 1. The highest BCUT2D eigenvalue weighted by Gasteiger charge is 2.16. The number of rotatable bonds is 4. The molecule has 18 heavy (non-hydrogen) atoms. The Balaban J connectivity index is 2.33. The molecule has 1 N–H and O–H groups in total. The van der Waals surface area contributed by atoms with Gasteiger partial charge in [-0.25, -0.2) is 0 Å². The fourth-order valence-corrected chi connectivity index (χ4v) is 2.13. The Morgan fingerprint density at radius 1 is 1.39 bits per heavy atom. The average Bonchev–Trinajstić information content (AvgIpc) is 2.73. The van der Waals surface area contributed by atoms with Gasteiger partial charge in [-0.15, -0.1) is 0 Å². The summed E-state index contributed by atoms with van der Waals surface area (Å²) in [5.74, 6) is 0.000231. The lowest BCUT2D eigenvalue weighted by molar-refractivity contribution is 0.0788. The first kappa shape index (κ1) is 12.6. The third kappa shape index (κ3) is 2.24. The monoisotopic (exact) mass is 246 g/mol. The van der Waals surface area contributed by atoms with Gasteiger partial charge in [0, 0.05) is 44.3 Å². The van der Waals surface area contributed by atoms with Crippen LogP contribution in [0, 0.1) is 0 Å². The second-order valence-electron chi connectivity index (χ2n) is 4.47. The van der Waals surface area contributed by atoms with E-state index in [0.717, 1.165) is 10.9 Å². The molecule has 1 aromatic carbocycles. The van der Waals surface area contributed by atoms with Crippen LogP contribution in [0.1, 0.15) is 16.8 Å². The molecule has 2 aromatic rings. The zero-order chi connectivity index (χ0) is 13.1. The number of hydrogen-bond acceptors (Lipinski definition) is 2. The van der Waals surface area contributed by atoms with Crippen molar-refractivity contribution in [2.24, 2.45) is 7.05 Å². The lowest BCUT2D eigenvalue weighted by Crippen LogP contribution is -2.28. The van der Waals surface area contributed by atoms with Crippen LogP contribution in [0.25, 0.3) is 10.9 Å². The highest BCUT2D eigenvalue weighted by atomic mass is 16.3. The molecule has 0 aliphatic rings. The van der Waals surface area contributed by atoms with E-state index in [4.69, 9.17) is 5.11 Å². The van der Waals surface area contributed by atoms with Gasteiger partial charge in [0.2, 0.25) is 0 Å². The van der Waals surface area contributed by atoms with Crippen LogP contribution in [0.3, 0.4) is 0 Å². The summed E-state index contributed by atoms with van der Waals surface area (Å²) in [4.78, 5) is 14.0. The van der Waals surface area contributed by atoms with Crippen molar-refractivity contribution >= 4 is 16.8 Å². The average molecular weight is 246 g/mol. The maximum Gasteiger partial charge on any atom is 0.255 e. The molecule has 0 unspecified atom stereocenters. The second kappa shape index (κ2) is 5.23. The molecule has 1 heterocycles. The molecular weight excluding hydrogens is 228 g/mol. The predicted octanol–water partition coefficient (Wildman–Crippen LogP) is 1.63. The molecule has 0 aliphatic carbocycles. The van der Waals surface area contributed by atoms with E-state index in [9.17, 15) is 4.79 Å². The van der Waals surface area contributed by atoms with Gasteiger partial charge >= 0.3 is 0 Å². The van der Waals surface area contributed by atoms with Crippen molar-refractivity contribution in [1.29, 1.82) is 0 Å². The van der Waals surface area contributed by atoms with Crippen molar-refractivity contribution in [2.45, 2.75) is 6.42 Å². The van der Waals surface area contributed by atoms with E-state index in [2.05, 4.69) is 0 Å².